The van der Waals surface area contributed by atoms with E-state index in [1.165, 1.54) is 25.0 Å². The van der Waals surface area contributed by atoms with Crippen molar-refractivity contribution in [2.45, 2.75) is 44.3 Å². The van der Waals surface area contributed by atoms with E-state index < -0.39 is 0 Å². The Labute approximate surface area is 170 Å². The van der Waals surface area contributed by atoms with Gasteiger partial charge in [0.2, 0.25) is 0 Å². The maximum absolute atomic E-state index is 11.9. The van der Waals surface area contributed by atoms with Crippen molar-refractivity contribution in [2.24, 2.45) is 7.05 Å². The first-order valence-corrected chi connectivity index (χ1v) is 12.5. The van der Waals surface area contributed by atoms with Gasteiger partial charge in [0.15, 0.2) is 0 Å². The first-order chi connectivity index (χ1) is 12.1. The molecular formula is C18H25IN2O2S2. The summed E-state index contributed by atoms with van der Waals surface area (Å²) in [6.45, 7) is 6.63. The molecule has 0 fully saturated rings. The van der Waals surface area contributed by atoms with Crippen LogP contribution in [0.25, 0.3) is 0 Å². The van der Waals surface area contributed by atoms with E-state index in [1.54, 1.807) is 25.0 Å². The third-order valence-electron chi connectivity index (χ3n) is 3.49. The van der Waals surface area contributed by atoms with Crippen molar-refractivity contribution in [1.29, 1.82) is 0 Å². The van der Waals surface area contributed by atoms with Crippen molar-refractivity contribution < 1.29 is 4.18 Å². The molecule has 0 aliphatic rings. The number of thioether (sulfide) groups is 1. The summed E-state index contributed by atoms with van der Waals surface area (Å²) in [5.41, 5.74) is 3.31. The molecule has 2 rings (SSSR count). The van der Waals surface area contributed by atoms with Crippen LogP contribution in [-0.2, 0) is 23.4 Å². The zero-order valence-corrected chi connectivity index (χ0v) is 18.9. The van der Waals surface area contributed by atoms with Crippen molar-refractivity contribution in [3.63, 3.8) is 0 Å². The van der Waals surface area contributed by atoms with Crippen LogP contribution in [0.15, 0.2) is 40.2 Å². The van der Waals surface area contributed by atoms with E-state index in [0.717, 1.165) is 35.7 Å². The molecule has 2 aromatic rings. The van der Waals surface area contributed by atoms with Crippen LogP contribution in [0.5, 0.6) is 0 Å². The molecule has 0 unspecified atom stereocenters. The van der Waals surface area contributed by atoms with E-state index in [0.29, 0.717) is 0 Å². The van der Waals surface area contributed by atoms with Crippen molar-refractivity contribution in [1.82, 2.24) is 9.78 Å². The Morgan fingerprint density at radius 2 is 1.84 bits per heavy atom. The van der Waals surface area contributed by atoms with Crippen molar-refractivity contribution >= 4 is 42.2 Å². The highest BCUT2D eigenvalue weighted by Gasteiger charge is 2.06. The van der Waals surface area contributed by atoms with Crippen LogP contribution in [0, 0.1) is 6.92 Å². The number of benzene rings is 1. The first kappa shape index (κ1) is 22.5. The van der Waals surface area contributed by atoms with Gasteiger partial charge in [0.05, 0.1) is 22.0 Å². The lowest BCUT2D eigenvalue weighted by Crippen LogP contribution is -2.21. The van der Waals surface area contributed by atoms with Crippen molar-refractivity contribution in [2.75, 3.05) is 6.61 Å². The predicted molar refractivity (Wildman–Crippen MR) is 117 cm³/mol. The number of aromatic nitrogens is 2. The molecule has 1 heterocycles. The molecular weight excluding hydrogens is 467 g/mol. The highest BCUT2D eigenvalue weighted by atomic mass is 127. The fourth-order valence-corrected chi connectivity index (χ4v) is 3.77. The summed E-state index contributed by atoms with van der Waals surface area (Å²) in [7, 11) is 3.06. The highest BCUT2D eigenvalue weighted by Crippen LogP contribution is 2.23. The van der Waals surface area contributed by atoms with E-state index in [-0.39, 0.29) is 5.56 Å². The van der Waals surface area contributed by atoms with Crippen LogP contribution in [0.3, 0.4) is 0 Å². The van der Waals surface area contributed by atoms with Gasteiger partial charge < -0.3 is 4.18 Å². The zero-order chi connectivity index (χ0) is 18.7. The predicted octanol–water partition coefficient (Wildman–Crippen LogP) is 5.35. The molecule has 0 bridgehead atoms. The summed E-state index contributed by atoms with van der Waals surface area (Å²) in [5, 5.41) is 4.08. The Hall–Kier alpha value is -0.510. The largest absolute Gasteiger partial charge is 0.305 e. The van der Waals surface area contributed by atoms with Crippen LogP contribution in [0.4, 0.5) is 0 Å². The van der Waals surface area contributed by atoms with Gasteiger partial charge >= 0.3 is 0 Å². The van der Waals surface area contributed by atoms with Crippen LogP contribution in [-0.4, -0.2) is 16.4 Å². The van der Waals surface area contributed by atoms with Gasteiger partial charge in [-0.3, -0.25) is 4.79 Å². The average Bonchev–Trinajstić information content (AvgIpc) is 2.65. The molecule has 7 heteroatoms. The lowest BCUT2D eigenvalue weighted by Gasteiger charge is -2.07. The summed E-state index contributed by atoms with van der Waals surface area (Å²) >= 11 is 3.79. The van der Waals surface area contributed by atoms with E-state index in [9.17, 15) is 4.79 Å². The quantitative estimate of drug-likeness (QED) is 0.215. The fourth-order valence-electron chi connectivity index (χ4n) is 2.11. The maximum Gasteiger partial charge on any atom is 0.270 e. The van der Waals surface area contributed by atoms with Gasteiger partial charge in [-0.05, 0) is 30.9 Å². The summed E-state index contributed by atoms with van der Waals surface area (Å²) < 4.78 is 6.63. The summed E-state index contributed by atoms with van der Waals surface area (Å²) in [4.78, 5) is 12.8. The minimum Gasteiger partial charge on any atom is -0.305 e. The van der Waals surface area contributed by atoms with E-state index in [1.807, 2.05) is 20.8 Å². The molecule has 0 radical (unpaired) electrons. The number of hydrogen-bond acceptors (Lipinski definition) is 5. The van der Waals surface area contributed by atoms with Crippen LogP contribution in [0.2, 0.25) is 0 Å². The molecule has 0 spiro atoms. The highest BCUT2D eigenvalue weighted by molar-refractivity contribution is 14.2. The molecule has 25 heavy (non-hydrogen) atoms. The molecule has 0 atom stereocenters. The van der Waals surface area contributed by atoms with Gasteiger partial charge in [-0.1, -0.05) is 38.1 Å². The molecule has 0 saturated carbocycles. The van der Waals surface area contributed by atoms with Gasteiger partial charge in [-0.25, -0.2) is 4.68 Å². The second-order valence-corrected chi connectivity index (χ2v) is 7.61. The Balaban J connectivity index is 0.00000151. The van der Waals surface area contributed by atoms with Crippen LogP contribution >= 0.6 is 42.2 Å². The maximum atomic E-state index is 11.9. The second kappa shape index (κ2) is 12.8. The summed E-state index contributed by atoms with van der Waals surface area (Å²) in [6, 6.07) is 8.64. The van der Waals surface area contributed by atoms with Crippen molar-refractivity contribution in [3.8, 4) is 0 Å². The summed E-state index contributed by atoms with van der Waals surface area (Å²) in [5.74, 6) is 0.838. The van der Waals surface area contributed by atoms with Gasteiger partial charge in [-0.2, -0.15) is 5.10 Å². The number of aryl methyl sites for hydroxylation is 2. The molecule has 0 aliphatic carbocycles. The average molecular weight is 492 g/mol. The van der Waals surface area contributed by atoms with Crippen molar-refractivity contribution in [3.05, 3.63) is 57.5 Å². The minimum atomic E-state index is -0.0303. The standard InChI is InChI=1S/C16H19IN2O2S2.C2H6/c1-12-15(10-18-19(2)16(12)20)22-11-14-7-5-13(6-8-14)4-3-9-21-23-17;1-2/h5-8,10H,3-4,9,11H2,1-2H3;1-2H3. The lowest BCUT2D eigenvalue weighted by atomic mass is 10.1. The Bertz CT molecular complexity index is 690. The smallest absolute Gasteiger partial charge is 0.270 e. The van der Waals surface area contributed by atoms with Gasteiger partial charge in [0.1, 0.15) is 0 Å². The molecule has 1 aromatic carbocycles. The lowest BCUT2D eigenvalue weighted by molar-refractivity contribution is 0.371. The van der Waals surface area contributed by atoms with E-state index in [2.05, 4.69) is 50.6 Å². The molecule has 0 aliphatic heterocycles. The number of halogens is 1. The van der Waals surface area contributed by atoms with Gasteiger partial charge in [0, 0.05) is 44.5 Å². The van der Waals surface area contributed by atoms with E-state index >= 15 is 0 Å². The molecule has 1 aromatic heterocycles. The Kier molecular flexibility index (Phi) is 11.5. The van der Waals surface area contributed by atoms with Gasteiger partial charge in [-0.15, -0.1) is 11.8 Å². The Morgan fingerprint density at radius 1 is 1.20 bits per heavy atom. The third-order valence-corrected chi connectivity index (χ3v) is 5.71. The monoisotopic (exact) mass is 492 g/mol. The summed E-state index contributed by atoms with van der Waals surface area (Å²) in [6.07, 6.45) is 3.82. The molecule has 0 saturated heterocycles. The number of hydrogen-bond donors (Lipinski definition) is 0. The number of rotatable bonds is 8. The molecule has 138 valence electrons. The topological polar surface area (TPSA) is 44.1 Å². The second-order valence-electron chi connectivity index (χ2n) is 5.16. The van der Waals surface area contributed by atoms with Crippen LogP contribution in [0.1, 0.15) is 37.0 Å². The minimum absolute atomic E-state index is 0.0303. The fraction of sp³-hybridized carbons (Fsp3) is 0.444. The van der Waals surface area contributed by atoms with Gasteiger partial charge in [0.25, 0.3) is 5.56 Å². The molecule has 0 amide bonds. The van der Waals surface area contributed by atoms with Crippen LogP contribution < -0.4 is 5.56 Å². The SMILES string of the molecule is CC.Cc1c(SCc2ccc(CCCOSI)cc2)cnn(C)c1=O. The Morgan fingerprint density at radius 3 is 2.48 bits per heavy atom. The molecule has 0 N–H and O–H groups in total. The first-order valence-electron chi connectivity index (χ1n) is 8.25. The normalized spacial score (nSPS) is 10.3. The van der Waals surface area contributed by atoms with E-state index in [4.69, 9.17) is 4.18 Å². The number of nitrogens with zero attached hydrogens (tertiary/aromatic N) is 2. The zero-order valence-electron chi connectivity index (χ0n) is 15.1. The molecule has 4 nitrogen and oxygen atoms in total. The third kappa shape index (κ3) is 7.72.